The van der Waals surface area contributed by atoms with Gasteiger partial charge in [0, 0.05) is 23.4 Å². The third-order valence-corrected chi connectivity index (χ3v) is 4.34. The van der Waals surface area contributed by atoms with E-state index in [1.54, 1.807) is 6.07 Å². The molecule has 0 aliphatic heterocycles. The molecule has 0 saturated carbocycles. The summed E-state index contributed by atoms with van der Waals surface area (Å²) in [7, 11) is 1.91. The smallest absolute Gasteiger partial charge is 0.146 e. The standard InChI is InChI=1S/C15H14Br2FN/c1-19(10-12-5-2-3-7-13(12)17)15-11(9-16)6-4-8-14(15)18/h2-8H,9-10H2,1H3. The van der Waals surface area contributed by atoms with Gasteiger partial charge in [-0.25, -0.2) is 4.39 Å². The normalized spacial score (nSPS) is 10.5. The Morgan fingerprint density at radius 2 is 1.74 bits per heavy atom. The van der Waals surface area contributed by atoms with Crippen LogP contribution in [0.5, 0.6) is 0 Å². The summed E-state index contributed by atoms with van der Waals surface area (Å²) >= 11 is 6.93. The van der Waals surface area contributed by atoms with Crippen LogP contribution in [0.15, 0.2) is 46.9 Å². The number of halogens is 3. The Balaban J connectivity index is 2.30. The molecule has 0 spiro atoms. The average molecular weight is 387 g/mol. The molecule has 2 aromatic rings. The lowest BCUT2D eigenvalue weighted by molar-refractivity contribution is 0.620. The predicted molar refractivity (Wildman–Crippen MR) is 85.3 cm³/mol. The second kappa shape index (κ2) is 6.53. The Morgan fingerprint density at radius 1 is 1.05 bits per heavy atom. The fraction of sp³-hybridized carbons (Fsp3) is 0.200. The Hall–Kier alpha value is -0.870. The first-order valence-electron chi connectivity index (χ1n) is 5.91. The van der Waals surface area contributed by atoms with E-state index in [0.717, 1.165) is 15.6 Å². The number of hydrogen-bond donors (Lipinski definition) is 0. The number of anilines is 1. The molecule has 0 radical (unpaired) electrons. The van der Waals surface area contributed by atoms with Crippen LogP contribution in [0.4, 0.5) is 10.1 Å². The van der Waals surface area contributed by atoms with Gasteiger partial charge < -0.3 is 4.90 Å². The van der Waals surface area contributed by atoms with Gasteiger partial charge in [0.1, 0.15) is 5.82 Å². The molecule has 0 amide bonds. The molecule has 4 heteroatoms. The Labute approximate surface area is 129 Å². The molecule has 2 aromatic carbocycles. The van der Waals surface area contributed by atoms with Crippen LogP contribution in [-0.4, -0.2) is 7.05 Å². The van der Waals surface area contributed by atoms with Crippen molar-refractivity contribution in [2.45, 2.75) is 11.9 Å². The van der Waals surface area contributed by atoms with E-state index in [9.17, 15) is 4.39 Å². The molecule has 0 saturated heterocycles. The van der Waals surface area contributed by atoms with Crippen molar-refractivity contribution in [1.29, 1.82) is 0 Å². The zero-order chi connectivity index (χ0) is 13.8. The molecule has 100 valence electrons. The number of hydrogen-bond acceptors (Lipinski definition) is 1. The zero-order valence-corrected chi connectivity index (χ0v) is 13.7. The summed E-state index contributed by atoms with van der Waals surface area (Å²) in [6.07, 6.45) is 0. The molecule has 0 atom stereocenters. The molecule has 19 heavy (non-hydrogen) atoms. The summed E-state index contributed by atoms with van der Waals surface area (Å²) in [5.74, 6) is -0.188. The van der Waals surface area contributed by atoms with Gasteiger partial charge in [0.05, 0.1) is 5.69 Å². The number of nitrogens with zero attached hydrogens (tertiary/aromatic N) is 1. The van der Waals surface area contributed by atoms with E-state index in [1.807, 2.05) is 42.3 Å². The number of rotatable bonds is 4. The minimum Gasteiger partial charge on any atom is -0.368 e. The molecule has 2 rings (SSSR count). The summed E-state index contributed by atoms with van der Waals surface area (Å²) < 4.78 is 15.1. The van der Waals surface area contributed by atoms with Gasteiger partial charge in [-0.15, -0.1) is 0 Å². The number of alkyl halides is 1. The van der Waals surface area contributed by atoms with Crippen LogP contribution >= 0.6 is 31.9 Å². The van der Waals surface area contributed by atoms with Gasteiger partial charge >= 0.3 is 0 Å². The monoisotopic (exact) mass is 385 g/mol. The van der Waals surface area contributed by atoms with Crippen LogP contribution in [0, 0.1) is 5.82 Å². The van der Waals surface area contributed by atoms with Crippen molar-refractivity contribution >= 4 is 37.5 Å². The zero-order valence-electron chi connectivity index (χ0n) is 10.5. The molecule has 0 unspecified atom stereocenters. The fourth-order valence-corrected chi connectivity index (χ4v) is 2.92. The maximum absolute atomic E-state index is 14.0. The van der Waals surface area contributed by atoms with Gasteiger partial charge in [0.15, 0.2) is 0 Å². The molecule has 0 N–H and O–H groups in total. The molecule has 1 nitrogen and oxygen atoms in total. The maximum Gasteiger partial charge on any atom is 0.146 e. The van der Waals surface area contributed by atoms with Crippen LogP contribution in [0.3, 0.4) is 0 Å². The van der Waals surface area contributed by atoms with Crippen molar-refractivity contribution < 1.29 is 4.39 Å². The van der Waals surface area contributed by atoms with Crippen molar-refractivity contribution in [3.63, 3.8) is 0 Å². The van der Waals surface area contributed by atoms with E-state index >= 15 is 0 Å². The van der Waals surface area contributed by atoms with Crippen molar-refractivity contribution in [3.05, 3.63) is 63.9 Å². The first-order chi connectivity index (χ1) is 9.13. The molecule has 0 aromatic heterocycles. The molecule has 0 fully saturated rings. The third-order valence-electron chi connectivity index (χ3n) is 2.96. The minimum atomic E-state index is -0.188. The summed E-state index contributed by atoms with van der Waals surface area (Å²) in [6.45, 7) is 0.655. The molecular formula is C15H14Br2FN. The van der Waals surface area contributed by atoms with Gasteiger partial charge in [-0.3, -0.25) is 0 Å². The van der Waals surface area contributed by atoms with Gasteiger partial charge in [-0.1, -0.05) is 62.2 Å². The Morgan fingerprint density at radius 3 is 2.42 bits per heavy atom. The highest BCUT2D eigenvalue weighted by Gasteiger charge is 2.13. The van der Waals surface area contributed by atoms with E-state index in [1.165, 1.54) is 6.07 Å². The second-order valence-electron chi connectivity index (χ2n) is 4.33. The van der Waals surface area contributed by atoms with E-state index < -0.39 is 0 Å². The lowest BCUT2D eigenvalue weighted by atomic mass is 10.1. The van der Waals surface area contributed by atoms with Crippen molar-refractivity contribution in [2.24, 2.45) is 0 Å². The predicted octanol–water partition coefficient (Wildman–Crippen LogP) is 5.12. The highest BCUT2D eigenvalue weighted by molar-refractivity contribution is 9.10. The van der Waals surface area contributed by atoms with Crippen LogP contribution < -0.4 is 4.90 Å². The van der Waals surface area contributed by atoms with Crippen molar-refractivity contribution in [1.82, 2.24) is 0 Å². The summed E-state index contributed by atoms with van der Waals surface area (Å²) in [4.78, 5) is 1.94. The molecule has 0 aliphatic rings. The van der Waals surface area contributed by atoms with E-state index in [0.29, 0.717) is 17.6 Å². The van der Waals surface area contributed by atoms with Gasteiger partial charge in [-0.05, 0) is 23.3 Å². The summed E-state index contributed by atoms with van der Waals surface area (Å²) in [5, 5.41) is 0.639. The quantitative estimate of drug-likeness (QED) is 0.659. The first kappa shape index (κ1) is 14.5. The lowest BCUT2D eigenvalue weighted by Gasteiger charge is -2.23. The molecule has 0 bridgehead atoms. The van der Waals surface area contributed by atoms with E-state index in [2.05, 4.69) is 31.9 Å². The summed E-state index contributed by atoms with van der Waals surface area (Å²) in [6, 6.07) is 13.2. The van der Waals surface area contributed by atoms with Crippen LogP contribution in [-0.2, 0) is 11.9 Å². The second-order valence-corrected chi connectivity index (χ2v) is 5.74. The molecular weight excluding hydrogens is 373 g/mol. The fourth-order valence-electron chi connectivity index (χ4n) is 2.06. The van der Waals surface area contributed by atoms with E-state index in [-0.39, 0.29) is 5.82 Å². The van der Waals surface area contributed by atoms with Crippen LogP contribution in [0.2, 0.25) is 0 Å². The van der Waals surface area contributed by atoms with Crippen LogP contribution in [0.1, 0.15) is 11.1 Å². The third kappa shape index (κ3) is 3.37. The summed E-state index contributed by atoms with van der Waals surface area (Å²) in [5.41, 5.74) is 2.73. The van der Waals surface area contributed by atoms with Gasteiger partial charge in [-0.2, -0.15) is 0 Å². The van der Waals surface area contributed by atoms with E-state index in [4.69, 9.17) is 0 Å². The maximum atomic E-state index is 14.0. The highest BCUT2D eigenvalue weighted by Crippen LogP contribution is 2.28. The molecule has 0 heterocycles. The SMILES string of the molecule is CN(Cc1ccccc1Br)c1c(F)cccc1CBr. The van der Waals surface area contributed by atoms with Crippen molar-refractivity contribution in [2.75, 3.05) is 11.9 Å². The number of para-hydroxylation sites is 1. The first-order valence-corrected chi connectivity index (χ1v) is 7.83. The highest BCUT2D eigenvalue weighted by atomic mass is 79.9. The largest absolute Gasteiger partial charge is 0.368 e. The number of benzene rings is 2. The Bertz CT molecular complexity index is 572. The Kier molecular flexibility index (Phi) is 4.99. The van der Waals surface area contributed by atoms with Crippen LogP contribution in [0.25, 0.3) is 0 Å². The topological polar surface area (TPSA) is 3.24 Å². The van der Waals surface area contributed by atoms with Gasteiger partial charge in [0.2, 0.25) is 0 Å². The van der Waals surface area contributed by atoms with Crippen molar-refractivity contribution in [3.8, 4) is 0 Å². The lowest BCUT2D eigenvalue weighted by Crippen LogP contribution is -2.19. The van der Waals surface area contributed by atoms with Gasteiger partial charge in [0.25, 0.3) is 0 Å². The minimum absolute atomic E-state index is 0.188. The molecule has 0 aliphatic carbocycles. The average Bonchev–Trinajstić information content (AvgIpc) is 2.40.